The molecule has 0 aliphatic heterocycles. The zero-order valence-corrected chi connectivity index (χ0v) is 12.3. The first kappa shape index (κ1) is 14.6. The molecule has 2 aromatic rings. The number of rotatable bonds is 5. The van der Waals surface area contributed by atoms with Gasteiger partial charge in [0.1, 0.15) is 5.75 Å². The van der Waals surface area contributed by atoms with Crippen molar-refractivity contribution in [2.75, 3.05) is 14.2 Å². The summed E-state index contributed by atoms with van der Waals surface area (Å²) in [7, 11) is 3.09. The molecular weight excluding hydrogens is 280 g/mol. The first-order valence-electron chi connectivity index (χ1n) is 5.98. The van der Waals surface area contributed by atoms with Gasteiger partial charge >= 0.3 is 0 Å². The maximum atomic E-state index is 5.96. The second-order valence-electron chi connectivity index (χ2n) is 4.11. The fourth-order valence-electron chi connectivity index (χ4n) is 1.75. The number of aromatic nitrogens is 2. The first-order chi connectivity index (χ1) is 9.67. The van der Waals surface area contributed by atoms with E-state index in [1.54, 1.807) is 7.11 Å². The van der Waals surface area contributed by atoms with Gasteiger partial charge in [0.25, 0.3) is 0 Å². The second-order valence-corrected chi connectivity index (χ2v) is 4.47. The van der Waals surface area contributed by atoms with Crippen LogP contribution in [0.2, 0.25) is 5.15 Å². The van der Waals surface area contributed by atoms with E-state index in [2.05, 4.69) is 10.2 Å². The van der Waals surface area contributed by atoms with Crippen molar-refractivity contribution < 1.29 is 14.2 Å². The first-order valence-corrected chi connectivity index (χ1v) is 6.36. The summed E-state index contributed by atoms with van der Waals surface area (Å²) in [6.07, 6.45) is 0. The largest absolute Gasteiger partial charge is 0.493 e. The van der Waals surface area contributed by atoms with Crippen LogP contribution in [0, 0.1) is 6.92 Å². The third-order valence-corrected chi connectivity index (χ3v) is 2.99. The molecule has 20 heavy (non-hydrogen) atoms. The SMILES string of the molecule is COCc1c(Oc2ccccc2C)nnc(Cl)c1OC. The number of nitrogens with zero attached hydrogens (tertiary/aromatic N) is 2. The average molecular weight is 295 g/mol. The maximum absolute atomic E-state index is 5.96. The Bertz CT molecular complexity index is 605. The Balaban J connectivity index is 2.43. The summed E-state index contributed by atoms with van der Waals surface area (Å²) in [4.78, 5) is 0. The fourth-order valence-corrected chi connectivity index (χ4v) is 1.98. The molecule has 0 bridgehead atoms. The number of benzene rings is 1. The van der Waals surface area contributed by atoms with E-state index >= 15 is 0 Å². The van der Waals surface area contributed by atoms with Crippen LogP contribution in [-0.2, 0) is 11.3 Å². The van der Waals surface area contributed by atoms with Crippen LogP contribution in [0.3, 0.4) is 0 Å². The number of halogens is 1. The summed E-state index contributed by atoms with van der Waals surface area (Å²) in [5.74, 6) is 1.43. The zero-order chi connectivity index (χ0) is 14.5. The van der Waals surface area contributed by atoms with E-state index in [0.29, 0.717) is 22.9 Å². The predicted octanol–water partition coefficient (Wildman–Crippen LogP) is 3.39. The normalized spacial score (nSPS) is 10.4. The number of aryl methyl sites for hydroxylation is 1. The predicted molar refractivity (Wildman–Crippen MR) is 75.6 cm³/mol. The molecule has 0 spiro atoms. The summed E-state index contributed by atoms with van der Waals surface area (Å²) in [5, 5.41) is 7.98. The van der Waals surface area contributed by atoms with Gasteiger partial charge in [-0.2, -0.15) is 0 Å². The van der Waals surface area contributed by atoms with Gasteiger partial charge in [0.2, 0.25) is 5.88 Å². The number of ether oxygens (including phenoxy) is 3. The van der Waals surface area contributed by atoms with Crippen molar-refractivity contribution in [3.05, 3.63) is 40.5 Å². The molecule has 0 aliphatic carbocycles. The molecule has 0 aliphatic rings. The minimum Gasteiger partial charge on any atom is -0.493 e. The van der Waals surface area contributed by atoms with Gasteiger partial charge in [-0.15, -0.1) is 10.2 Å². The quantitative estimate of drug-likeness (QED) is 0.846. The van der Waals surface area contributed by atoms with E-state index in [0.717, 1.165) is 5.56 Å². The van der Waals surface area contributed by atoms with Crippen molar-refractivity contribution >= 4 is 11.6 Å². The third kappa shape index (κ3) is 3.00. The van der Waals surface area contributed by atoms with Crippen LogP contribution in [0.15, 0.2) is 24.3 Å². The molecule has 0 saturated carbocycles. The van der Waals surface area contributed by atoms with Crippen LogP contribution < -0.4 is 9.47 Å². The van der Waals surface area contributed by atoms with Crippen LogP contribution in [0.1, 0.15) is 11.1 Å². The highest BCUT2D eigenvalue weighted by molar-refractivity contribution is 6.30. The van der Waals surface area contributed by atoms with E-state index in [4.69, 9.17) is 25.8 Å². The lowest BCUT2D eigenvalue weighted by atomic mass is 10.2. The van der Waals surface area contributed by atoms with Crippen molar-refractivity contribution in [2.24, 2.45) is 0 Å². The van der Waals surface area contributed by atoms with Crippen LogP contribution >= 0.6 is 11.6 Å². The smallest absolute Gasteiger partial charge is 0.248 e. The third-order valence-electron chi connectivity index (χ3n) is 2.74. The number of hydrogen-bond donors (Lipinski definition) is 0. The summed E-state index contributed by atoms with van der Waals surface area (Å²) in [6, 6.07) is 7.63. The van der Waals surface area contributed by atoms with E-state index in [1.807, 2.05) is 31.2 Å². The molecule has 1 aromatic heterocycles. The van der Waals surface area contributed by atoms with E-state index < -0.39 is 0 Å². The molecule has 106 valence electrons. The summed E-state index contributed by atoms with van der Waals surface area (Å²) >= 11 is 5.96. The van der Waals surface area contributed by atoms with Gasteiger partial charge in [-0.1, -0.05) is 29.8 Å². The van der Waals surface area contributed by atoms with Crippen molar-refractivity contribution in [1.82, 2.24) is 10.2 Å². The van der Waals surface area contributed by atoms with Crippen molar-refractivity contribution in [1.29, 1.82) is 0 Å². The molecule has 2 rings (SSSR count). The van der Waals surface area contributed by atoms with E-state index in [1.165, 1.54) is 7.11 Å². The van der Waals surface area contributed by atoms with Gasteiger partial charge in [-0.05, 0) is 18.6 Å². The van der Waals surface area contributed by atoms with Gasteiger partial charge in [0, 0.05) is 7.11 Å². The average Bonchev–Trinajstić information content (AvgIpc) is 2.44. The summed E-state index contributed by atoms with van der Waals surface area (Å²) in [6.45, 7) is 2.21. The topological polar surface area (TPSA) is 53.5 Å². The molecule has 0 amide bonds. The van der Waals surface area contributed by atoms with Gasteiger partial charge in [-0.3, -0.25) is 0 Å². The lowest BCUT2D eigenvalue weighted by Gasteiger charge is -2.14. The molecular formula is C14H15ClN2O3. The van der Waals surface area contributed by atoms with Crippen molar-refractivity contribution in [2.45, 2.75) is 13.5 Å². The molecule has 0 N–H and O–H groups in total. The highest BCUT2D eigenvalue weighted by Gasteiger charge is 2.18. The highest BCUT2D eigenvalue weighted by Crippen LogP contribution is 2.35. The maximum Gasteiger partial charge on any atom is 0.248 e. The van der Waals surface area contributed by atoms with Gasteiger partial charge in [-0.25, -0.2) is 0 Å². The van der Waals surface area contributed by atoms with Gasteiger partial charge in [0.15, 0.2) is 10.9 Å². The lowest BCUT2D eigenvalue weighted by Crippen LogP contribution is -2.03. The van der Waals surface area contributed by atoms with Gasteiger partial charge in [0.05, 0.1) is 19.3 Å². The minimum absolute atomic E-state index is 0.177. The Kier molecular flexibility index (Phi) is 4.76. The number of hydrogen-bond acceptors (Lipinski definition) is 5. The van der Waals surface area contributed by atoms with E-state index in [-0.39, 0.29) is 11.8 Å². The Labute approximate surface area is 122 Å². The minimum atomic E-state index is 0.177. The molecule has 6 heteroatoms. The zero-order valence-electron chi connectivity index (χ0n) is 11.5. The monoisotopic (exact) mass is 294 g/mol. The second kappa shape index (κ2) is 6.54. The van der Waals surface area contributed by atoms with Crippen LogP contribution in [-0.4, -0.2) is 24.4 Å². The Morgan fingerprint density at radius 2 is 1.90 bits per heavy atom. The Morgan fingerprint density at radius 3 is 2.55 bits per heavy atom. The van der Waals surface area contributed by atoms with E-state index in [9.17, 15) is 0 Å². The number of para-hydroxylation sites is 1. The summed E-state index contributed by atoms with van der Waals surface area (Å²) in [5.41, 5.74) is 1.62. The van der Waals surface area contributed by atoms with Crippen LogP contribution in [0.4, 0.5) is 0 Å². The Morgan fingerprint density at radius 1 is 1.15 bits per heavy atom. The standard InChI is InChI=1S/C14H15ClN2O3/c1-9-6-4-5-7-11(9)20-14-10(8-18-2)12(19-3)13(15)16-17-14/h4-7H,8H2,1-3H3. The molecule has 0 radical (unpaired) electrons. The number of methoxy groups -OCH3 is 2. The fraction of sp³-hybridized carbons (Fsp3) is 0.286. The van der Waals surface area contributed by atoms with Crippen molar-refractivity contribution in [3.63, 3.8) is 0 Å². The molecule has 1 heterocycles. The summed E-state index contributed by atoms with van der Waals surface area (Å²) < 4.78 is 16.2. The molecule has 0 fully saturated rings. The van der Waals surface area contributed by atoms with Crippen molar-refractivity contribution in [3.8, 4) is 17.4 Å². The van der Waals surface area contributed by atoms with Crippen LogP contribution in [0.5, 0.6) is 17.4 Å². The lowest BCUT2D eigenvalue weighted by molar-refractivity contribution is 0.178. The molecule has 0 saturated heterocycles. The molecule has 0 atom stereocenters. The van der Waals surface area contributed by atoms with Crippen LogP contribution in [0.25, 0.3) is 0 Å². The molecule has 1 aromatic carbocycles. The highest BCUT2D eigenvalue weighted by atomic mass is 35.5. The Hall–Kier alpha value is -1.85. The molecule has 0 unspecified atom stereocenters. The van der Waals surface area contributed by atoms with Gasteiger partial charge < -0.3 is 14.2 Å². The molecule has 5 nitrogen and oxygen atoms in total.